The molecule has 0 spiro atoms. The van der Waals surface area contributed by atoms with E-state index < -0.39 is 0 Å². The van der Waals surface area contributed by atoms with E-state index in [2.05, 4.69) is 5.32 Å². The molecule has 3 N–H and O–H groups in total. The van der Waals surface area contributed by atoms with E-state index in [-0.39, 0.29) is 11.9 Å². The maximum absolute atomic E-state index is 11.7. The summed E-state index contributed by atoms with van der Waals surface area (Å²) in [4.78, 5) is 11.7. The zero-order chi connectivity index (χ0) is 11.5. The predicted octanol–water partition coefficient (Wildman–Crippen LogP) is 1.81. The molecule has 1 fully saturated rings. The molecule has 3 nitrogen and oxygen atoms in total. The first-order valence-electron chi connectivity index (χ1n) is 5.46. The summed E-state index contributed by atoms with van der Waals surface area (Å²) in [7, 11) is 0. The number of nitrogens with one attached hydrogen (secondary N) is 1. The van der Waals surface area contributed by atoms with E-state index in [1.165, 1.54) is 12.8 Å². The predicted molar refractivity (Wildman–Crippen MR) is 64.5 cm³/mol. The fourth-order valence-corrected chi connectivity index (χ4v) is 1.82. The molecule has 1 atom stereocenters. The summed E-state index contributed by atoms with van der Waals surface area (Å²) >= 11 is 5.81. The van der Waals surface area contributed by atoms with Crippen LogP contribution in [0.5, 0.6) is 0 Å². The number of hydrogen-bond donors (Lipinski definition) is 2. The van der Waals surface area contributed by atoms with Gasteiger partial charge in [0.05, 0.1) is 0 Å². The molecule has 0 heterocycles. The van der Waals surface area contributed by atoms with Crippen molar-refractivity contribution in [2.75, 3.05) is 6.54 Å². The quantitative estimate of drug-likeness (QED) is 0.841. The molecule has 0 aliphatic heterocycles. The highest BCUT2D eigenvalue weighted by atomic mass is 35.5. The summed E-state index contributed by atoms with van der Waals surface area (Å²) in [6.45, 7) is 0.538. The average molecular weight is 239 g/mol. The Kier molecular flexibility index (Phi) is 3.46. The first-order chi connectivity index (χ1) is 7.66. The Morgan fingerprint density at radius 2 is 2.31 bits per heavy atom. The molecular weight excluding hydrogens is 224 g/mol. The minimum absolute atomic E-state index is 0.0862. The molecule has 86 valence electrons. The molecule has 0 radical (unpaired) electrons. The number of rotatable bonds is 4. The van der Waals surface area contributed by atoms with Crippen molar-refractivity contribution in [3.8, 4) is 0 Å². The number of carbonyl (C=O) groups is 1. The highest BCUT2D eigenvalue weighted by molar-refractivity contribution is 6.30. The lowest BCUT2D eigenvalue weighted by atomic mass is 10.2. The van der Waals surface area contributed by atoms with E-state index >= 15 is 0 Å². The molecule has 1 saturated carbocycles. The Bertz CT molecular complexity index is 390. The van der Waals surface area contributed by atoms with E-state index in [9.17, 15) is 4.79 Å². The zero-order valence-electron chi connectivity index (χ0n) is 8.95. The summed E-state index contributed by atoms with van der Waals surface area (Å²) in [5, 5.41) is 3.39. The van der Waals surface area contributed by atoms with Crippen LogP contribution in [0.2, 0.25) is 5.02 Å². The molecule has 0 saturated heterocycles. The fraction of sp³-hybridized carbons (Fsp3) is 0.417. The molecule has 16 heavy (non-hydrogen) atoms. The van der Waals surface area contributed by atoms with Gasteiger partial charge >= 0.3 is 0 Å². The molecule has 2 rings (SSSR count). The Morgan fingerprint density at radius 1 is 1.56 bits per heavy atom. The summed E-state index contributed by atoms with van der Waals surface area (Å²) in [6.07, 6.45) is 2.38. The highest BCUT2D eigenvalue weighted by Crippen LogP contribution is 2.31. The molecule has 4 heteroatoms. The Hall–Kier alpha value is -1.06. The van der Waals surface area contributed by atoms with Gasteiger partial charge < -0.3 is 11.1 Å². The molecule has 0 aromatic heterocycles. The maximum Gasteiger partial charge on any atom is 0.251 e. The van der Waals surface area contributed by atoms with Gasteiger partial charge in [-0.1, -0.05) is 17.7 Å². The normalized spacial score (nSPS) is 16.9. The highest BCUT2D eigenvalue weighted by Gasteiger charge is 2.28. The lowest BCUT2D eigenvalue weighted by Crippen LogP contribution is -2.38. The smallest absolute Gasteiger partial charge is 0.251 e. The summed E-state index contributed by atoms with van der Waals surface area (Å²) in [5.41, 5.74) is 6.47. The number of nitrogens with two attached hydrogens (primary N) is 1. The Morgan fingerprint density at radius 3 is 2.94 bits per heavy atom. The molecular formula is C12H15ClN2O. The molecule has 1 amide bonds. The van der Waals surface area contributed by atoms with Crippen molar-refractivity contribution in [3.63, 3.8) is 0 Å². The Labute approximate surface area is 100.0 Å². The van der Waals surface area contributed by atoms with Crippen LogP contribution in [0.4, 0.5) is 0 Å². The van der Waals surface area contributed by atoms with Crippen LogP contribution in [0.15, 0.2) is 24.3 Å². The molecule has 1 aliphatic carbocycles. The third kappa shape index (κ3) is 2.97. The molecule has 1 unspecified atom stereocenters. The van der Waals surface area contributed by atoms with Crippen LogP contribution < -0.4 is 11.1 Å². The van der Waals surface area contributed by atoms with E-state index in [0.717, 1.165) is 0 Å². The largest absolute Gasteiger partial charge is 0.350 e. The lowest BCUT2D eigenvalue weighted by molar-refractivity contribution is 0.0950. The van der Waals surface area contributed by atoms with Crippen molar-refractivity contribution in [3.05, 3.63) is 34.9 Å². The SMILES string of the molecule is NC(CNC(=O)c1cccc(Cl)c1)C1CC1. The second kappa shape index (κ2) is 4.85. The number of amides is 1. The van der Waals surface area contributed by atoms with E-state index in [4.69, 9.17) is 17.3 Å². The first-order valence-corrected chi connectivity index (χ1v) is 5.84. The van der Waals surface area contributed by atoms with Gasteiger partial charge in [0, 0.05) is 23.2 Å². The van der Waals surface area contributed by atoms with Crippen molar-refractivity contribution in [1.29, 1.82) is 0 Å². The van der Waals surface area contributed by atoms with Crippen LogP contribution in [0.3, 0.4) is 0 Å². The molecule has 1 aromatic rings. The lowest BCUT2D eigenvalue weighted by Gasteiger charge is -2.11. The molecule has 1 aromatic carbocycles. The molecule has 1 aliphatic rings. The minimum atomic E-state index is -0.112. The van der Waals surface area contributed by atoms with Crippen LogP contribution in [-0.2, 0) is 0 Å². The van der Waals surface area contributed by atoms with Crippen molar-refractivity contribution in [2.45, 2.75) is 18.9 Å². The van der Waals surface area contributed by atoms with Gasteiger partial charge in [0.1, 0.15) is 0 Å². The van der Waals surface area contributed by atoms with Gasteiger partial charge in [-0.15, -0.1) is 0 Å². The van der Waals surface area contributed by atoms with Gasteiger partial charge in [0.15, 0.2) is 0 Å². The second-order valence-corrected chi connectivity index (χ2v) is 4.66. The third-order valence-corrected chi connectivity index (χ3v) is 3.05. The first kappa shape index (κ1) is 11.4. The van der Waals surface area contributed by atoms with E-state index in [1.807, 2.05) is 0 Å². The number of hydrogen-bond acceptors (Lipinski definition) is 2. The van der Waals surface area contributed by atoms with Gasteiger partial charge in [-0.3, -0.25) is 4.79 Å². The monoisotopic (exact) mass is 238 g/mol. The zero-order valence-corrected chi connectivity index (χ0v) is 9.70. The van der Waals surface area contributed by atoms with Crippen LogP contribution >= 0.6 is 11.6 Å². The van der Waals surface area contributed by atoms with Crippen molar-refractivity contribution >= 4 is 17.5 Å². The van der Waals surface area contributed by atoms with Gasteiger partial charge in [0.2, 0.25) is 0 Å². The molecule has 0 bridgehead atoms. The Balaban J connectivity index is 1.87. The summed E-state index contributed by atoms with van der Waals surface area (Å²) < 4.78 is 0. The van der Waals surface area contributed by atoms with Crippen LogP contribution in [-0.4, -0.2) is 18.5 Å². The summed E-state index contributed by atoms with van der Waals surface area (Å²) in [6, 6.07) is 6.98. The summed E-state index contributed by atoms with van der Waals surface area (Å²) in [5.74, 6) is 0.485. The van der Waals surface area contributed by atoms with Crippen LogP contribution in [0, 0.1) is 5.92 Å². The van der Waals surface area contributed by atoms with Gasteiger partial charge in [0.25, 0.3) is 5.91 Å². The van der Waals surface area contributed by atoms with E-state index in [1.54, 1.807) is 24.3 Å². The standard InChI is InChI=1S/C12H15ClN2O/c13-10-3-1-2-9(6-10)12(16)15-7-11(14)8-4-5-8/h1-3,6,8,11H,4-5,7,14H2,(H,15,16). The number of halogens is 1. The third-order valence-electron chi connectivity index (χ3n) is 2.81. The van der Waals surface area contributed by atoms with Crippen LogP contribution in [0.25, 0.3) is 0 Å². The minimum Gasteiger partial charge on any atom is -0.350 e. The topological polar surface area (TPSA) is 55.1 Å². The van der Waals surface area contributed by atoms with Crippen molar-refractivity contribution in [2.24, 2.45) is 11.7 Å². The van der Waals surface area contributed by atoms with Crippen molar-refractivity contribution in [1.82, 2.24) is 5.32 Å². The van der Waals surface area contributed by atoms with Gasteiger partial charge in [-0.05, 0) is 37.0 Å². The second-order valence-electron chi connectivity index (χ2n) is 4.22. The van der Waals surface area contributed by atoms with E-state index in [0.29, 0.717) is 23.0 Å². The van der Waals surface area contributed by atoms with Gasteiger partial charge in [-0.25, -0.2) is 0 Å². The van der Waals surface area contributed by atoms with Crippen LogP contribution in [0.1, 0.15) is 23.2 Å². The number of benzene rings is 1. The fourth-order valence-electron chi connectivity index (χ4n) is 1.63. The van der Waals surface area contributed by atoms with Gasteiger partial charge in [-0.2, -0.15) is 0 Å². The number of carbonyl (C=O) groups excluding carboxylic acids is 1. The van der Waals surface area contributed by atoms with Crippen molar-refractivity contribution < 1.29 is 4.79 Å². The average Bonchev–Trinajstić information content (AvgIpc) is 3.09. The maximum atomic E-state index is 11.7.